The van der Waals surface area contributed by atoms with Gasteiger partial charge in [0.05, 0.1) is 6.61 Å². The third kappa shape index (κ3) is 3.56. The molecular weight excluding hydrogens is 322 g/mol. The summed E-state index contributed by atoms with van der Waals surface area (Å²) in [6, 6.07) is -0.863. The summed E-state index contributed by atoms with van der Waals surface area (Å²) in [5.41, 5.74) is 8.21. The molecule has 9 heteroatoms. The van der Waals surface area contributed by atoms with E-state index >= 15 is 0 Å². The molecule has 2 rings (SSSR count). The first-order valence-corrected chi connectivity index (χ1v) is 8.23. The minimum Gasteiger partial charge on any atom is -0.465 e. The Balaban J connectivity index is 2.23. The number of carbonyl (C=O) groups excluding carboxylic acids is 3. The van der Waals surface area contributed by atoms with E-state index in [1.165, 1.54) is 23.6 Å². The molecule has 0 aliphatic carbocycles. The molecular formula is C14H19N3O5S. The molecule has 0 saturated carbocycles. The van der Waals surface area contributed by atoms with Crippen molar-refractivity contribution in [3.05, 3.63) is 5.53 Å². The second-order valence-corrected chi connectivity index (χ2v) is 7.54. The highest BCUT2D eigenvalue weighted by molar-refractivity contribution is 8.00. The van der Waals surface area contributed by atoms with Crippen molar-refractivity contribution in [3.63, 3.8) is 0 Å². The predicted octanol–water partition coefficient (Wildman–Crippen LogP) is 0.462. The van der Waals surface area contributed by atoms with E-state index in [4.69, 9.17) is 15.0 Å². The lowest BCUT2D eigenvalue weighted by Crippen LogP contribution is -2.71. The summed E-state index contributed by atoms with van der Waals surface area (Å²) < 4.78 is 10.4. The fourth-order valence-corrected chi connectivity index (χ4v) is 3.90. The Bertz CT molecular complexity index is 594. The van der Waals surface area contributed by atoms with Crippen LogP contribution in [0.3, 0.4) is 0 Å². The first-order chi connectivity index (χ1) is 10.7. The molecule has 0 bridgehead atoms. The van der Waals surface area contributed by atoms with Crippen LogP contribution in [0.2, 0.25) is 0 Å². The lowest BCUT2D eigenvalue weighted by Gasteiger charge is -2.47. The number of hydrogen-bond acceptors (Lipinski definition) is 6. The highest BCUT2D eigenvalue weighted by Gasteiger charge is 2.61. The molecule has 2 aliphatic rings. The van der Waals surface area contributed by atoms with Gasteiger partial charge in [0.15, 0.2) is 5.37 Å². The monoisotopic (exact) mass is 341 g/mol. The minimum absolute atomic E-state index is 0.0222. The Morgan fingerprint density at radius 1 is 1.43 bits per heavy atom. The van der Waals surface area contributed by atoms with Gasteiger partial charge >= 0.3 is 23.6 Å². The average molecular weight is 341 g/mol. The molecule has 2 heterocycles. The number of carbonyl (C=O) groups is 3. The largest absolute Gasteiger partial charge is 0.465 e. The zero-order chi connectivity index (χ0) is 17.4. The van der Waals surface area contributed by atoms with Gasteiger partial charge in [-0.05, 0) is 20.8 Å². The lowest BCUT2D eigenvalue weighted by atomic mass is 9.95. The van der Waals surface area contributed by atoms with Crippen molar-refractivity contribution < 1.29 is 28.6 Å². The molecule has 0 aromatic heterocycles. The van der Waals surface area contributed by atoms with Gasteiger partial charge in [0.1, 0.15) is 11.6 Å². The van der Waals surface area contributed by atoms with Gasteiger partial charge in [0.2, 0.25) is 0 Å². The first-order valence-electron chi connectivity index (χ1n) is 7.18. The van der Waals surface area contributed by atoms with Gasteiger partial charge in [-0.1, -0.05) is 0 Å². The number of nitrogens with zero attached hydrogens (tertiary/aromatic N) is 3. The fraction of sp³-hybridized carbons (Fsp3) is 0.714. The number of β-lactam (4-membered cyclic amide) rings is 1. The van der Waals surface area contributed by atoms with Crippen LogP contribution in [0.5, 0.6) is 0 Å². The molecule has 0 spiro atoms. The van der Waals surface area contributed by atoms with Crippen LogP contribution in [0, 0.1) is 5.92 Å². The molecule has 2 aliphatic heterocycles. The molecule has 0 aromatic rings. The summed E-state index contributed by atoms with van der Waals surface area (Å²) in [6.07, 6.45) is 0. The summed E-state index contributed by atoms with van der Waals surface area (Å²) in [7, 11) is 0. The van der Waals surface area contributed by atoms with Crippen molar-refractivity contribution >= 4 is 35.3 Å². The molecule has 0 aromatic carbocycles. The Morgan fingerprint density at radius 3 is 2.61 bits per heavy atom. The van der Waals surface area contributed by atoms with E-state index in [1.54, 1.807) is 20.8 Å². The van der Waals surface area contributed by atoms with E-state index in [9.17, 15) is 14.4 Å². The van der Waals surface area contributed by atoms with Crippen molar-refractivity contribution in [3.8, 4) is 0 Å². The summed E-state index contributed by atoms with van der Waals surface area (Å²) in [6.45, 7) is 6.51. The van der Waals surface area contributed by atoms with Gasteiger partial charge in [-0.15, -0.1) is 11.8 Å². The molecule has 2 fully saturated rings. The van der Waals surface area contributed by atoms with Crippen LogP contribution < -0.4 is 0 Å². The van der Waals surface area contributed by atoms with Crippen molar-refractivity contribution in [1.29, 1.82) is 0 Å². The van der Waals surface area contributed by atoms with Crippen molar-refractivity contribution in [2.75, 3.05) is 12.4 Å². The van der Waals surface area contributed by atoms with Crippen LogP contribution in [0.4, 0.5) is 0 Å². The number of ether oxygens (including phenoxy) is 2. The number of esters is 2. The Labute approximate surface area is 138 Å². The maximum Gasteiger partial charge on any atom is 0.388 e. The van der Waals surface area contributed by atoms with Gasteiger partial charge in [0, 0.05) is 18.6 Å². The van der Waals surface area contributed by atoms with E-state index in [0.29, 0.717) is 5.75 Å². The summed E-state index contributed by atoms with van der Waals surface area (Å²) in [5, 5.41) is -0.474. The number of rotatable bonds is 3. The zero-order valence-electron chi connectivity index (χ0n) is 13.4. The predicted molar refractivity (Wildman–Crippen MR) is 81.5 cm³/mol. The number of amides is 1. The topological polar surface area (TPSA) is 109 Å². The molecule has 126 valence electrons. The van der Waals surface area contributed by atoms with Gasteiger partial charge in [-0.25, -0.2) is 4.79 Å². The Morgan fingerprint density at radius 2 is 2.09 bits per heavy atom. The minimum atomic E-state index is -0.863. The summed E-state index contributed by atoms with van der Waals surface area (Å²) >= 11 is 1.36. The van der Waals surface area contributed by atoms with Crippen molar-refractivity contribution in [2.24, 2.45) is 5.92 Å². The third-order valence-electron chi connectivity index (χ3n) is 3.41. The van der Waals surface area contributed by atoms with Crippen LogP contribution >= 0.6 is 11.8 Å². The van der Waals surface area contributed by atoms with Crippen LogP contribution in [0.15, 0.2) is 0 Å². The number of hydrogen-bond donors (Lipinski definition) is 0. The average Bonchev–Trinajstić information content (AvgIpc) is 2.42. The quantitative estimate of drug-likeness (QED) is 0.319. The molecule has 23 heavy (non-hydrogen) atoms. The fourth-order valence-electron chi connectivity index (χ4n) is 2.50. The second-order valence-electron chi connectivity index (χ2n) is 6.42. The normalized spacial score (nSPS) is 26.8. The van der Waals surface area contributed by atoms with E-state index in [0.717, 1.165) is 0 Å². The lowest BCUT2D eigenvalue weighted by molar-refractivity contribution is -0.172. The van der Waals surface area contributed by atoms with Crippen LogP contribution in [0.25, 0.3) is 5.53 Å². The van der Waals surface area contributed by atoms with Gasteiger partial charge in [0.25, 0.3) is 0 Å². The highest BCUT2D eigenvalue weighted by atomic mass is 32.2. The van der Waals surface area contributed by atoms with E-state index in [2.05, 4.69) is 4.79 Å². The standard InChI is InChI=1S/C14H19N3O5S/c1-7(18)21-5-8-6-23-12-9(16-15)11(19)17(12)10(8)13(20)22-14(2,3)4/h8,10,12H,5-6H2,1-4H3. The maximum absolute atomic E-state index is 12.5. The van der Waals surface area contributed by atoms with E-state index in [-0.39, 0.29) is 18.2 Å². The summed E-state index contributed by atoms with van der Waals surface area (Å²) in [5.74, 6) is -1.41. The zero-order valence-corrected chi connectivity index (χ0v) is 14.3. The molecule has 3 atom stereocenters. The SMILES string of the molecule is CC(=O)OCC1CSC2C(=[N+]=[N-])C(=O)N2C1C(=O)OC(C)(C)C. The van der Waals surface area contributed by atoms with Gasteiger partial charge in [-0.3, -0.25) is 14.5 Å². The van der Waals surface area contributed by atoms with Crippen LogP contribution in [-0.4, -0.2) is 62.6 Å². The van der Waals surface area contributed by atoms with Crippen LogP contribution in [0.1, 0.15) is 27.7 Å². The highest BCUT2D eigenvalue weighted by Crippen LogP contribution is 2.39. The summed E-state index contributed by atoms with van der Waals surface area (Å²) in [4.78, 5) is 40.0. The Kier molecular flexibility index (Phi) is 4.81. The molecule has 0 radical (unpaired) electrons. The van der Waals surface area contributed by atoms with Gasteiger partial charge in [-0.2, -0.15) is 4.79 Å². The first kappa shape index (κ1) is 17.5. The van der Waals surface area contributed by atoms with Gasteiger partial charge < -0.3 is 15.0 Å². The van der Waals surface area contributed by atoms with Crippen molar-refractivity contribution in [2.45, 2.75) is 44.7 Å². The number of fused-ring (bicyclic) bond motifs is 1. The van der Waals surface area contributed by atoms with Crippen molar-refractivity contribution in [1.82, 2.24) is 4.90 Å². The maximum atomic E-state index is 12.5. The number of thioether (sulfide) groups is 1. The molecule has 0 N–H and O–H groups in total. The van der Waals surface area contributed by atoms with Crippen LogP contribution in [-0.2, 0) is 23.9 Å². The molecule has 1 amide bonds. The molecule has 3 unspecified atom stereocenters. The Hall–Kier alpha value is -1.86. The van der Waals surface area contributed by atoms with E-state index < -0.39 is 34.9 Å². The third-order valence-corrected chi connectivity index (χ3v) is 4.80. The van der Waals surface area contributed by atoms with E-state index in [1.807, 2.05) is 0 Å². The molecule has 2 saturated heterocycles. The molecule has 8 nitrogen and oxygen atoms in total. The second kappa shape index (κ2) is 6.33. The smallest absolute Gasteiger partial charge is 0.388 e.